The summed E-state index contributed by atoms with van der Waals surface area (Å²) in [6.45, 7) is 13.9. The van der Waals surface area contributed by atoms with Crippen molar-refractivity contribution < 1.29 is 9.47 Å². The van der Waals surface area contributed by atoms with Gasteiger partial charge < -0.3 is 9.47 Å². The number of hydrogen-bond donors (Lipinski definition) is 0. The summed E-state index contributed by atoms with van der Waals surface area (Å²) in [6.07, 6.45) is 2.18. The second kappa shape index (κ2) is 6.10. The highest BCUT2D eigenvalue weighted by atomic mass is 16.6. The van der Waals surface area contributed by atoms with E-state index in [0.29, 0.717) is 12.5 Å². The lowest BCUT2D eigenvalue weighted by atomic mass is 9.83. The van der Waals surface area contributed by atoms with Crippen LogP contribution in [0, 0.1) is 12.8 Å². The molecule has 0 amide bonds. The van der Waals surface area contributed by atoms with Gasteiger partial charge in [-0.05, 0) is 44.2 Å². The summed E-state index contributed by atoms with van der Waals surface area (Å²) in [6, 6.07) is 8.43. The molecule has 1 heterocycles. The molecule has 0 bridgehead atoms. The molecule has 1 fully saturated rings. The Morgan fingerprint density at radius 1 is 1.29 bits per heavy atom. The molecule has 1 aromatic carbocycles. The summed E-state index contributed by atoms with van der Waals surface area (Å²) >= 11 is 0. The Labute approximate surface area is 129 Å². The fourth-order valence-electron chi connectivity index (χ4n) is 3.39. The second-order valence-corrected chi connectivity index (χ2v) is 7.21. The fourth-order valence-corrected chi connectivity index (χ4v) is 3.39. The van der Waals surface area contributed by atoms with Crippen molar-refractivity contribution in [1.82, 2.24) is 0 Å². The van der Waals surface area contributed by atoms with Crippen molar-refractivity contribution in [3.63, 3.8) is 0 Å². The minimum atomic E-state index is -0.219. The van der Waals surface area contributed by atoms with Gasteiger partial charge >= 0.3 is 0 Å². The van der Waals surface area contributed by atoms with Crippen LogP contribution in [0.25, 0.3) is 0 Å². The SMILES string of the molecule is CCC1(C(C)C)CC(OCc2ccccc2C)C(C)(C)O1. The normalized spacial score (nSPS) is 28.2. The zero-order chi connectivity index (χ0) is 15.7. The predicted octanol–water partition coefficient (Wildman–Crippen LogP) is 4.88. The van der Waals surface area contributed by atoms with Crippen molar-refractivity contribution in [2.24, 2.45) is 5.92 Å². The van der Waals surface area contributed by atoms with Crippen LogP contribution in [0.15, 0.2) is 24.3 Å². The molecule has 2 rings (SSSR count). The van der Waals surface area contributed by atoms with Gasteiger partial charge in [-0.15, -0.1) is 0 Å². The predicted molar refractivity (Wildman–Crippen MR) is 87.4 cm³/mol. The third kappa shape index (κ3) is 3.32. The first-order valence-electron chi connectivity index (χ1n) is 8.17. The topological polar surface area (TPSA) is 18.5 Å². The Morgan fingerprint density at radius 2 is 1.95 bits per heavy atom. The minimum Gasteiger partial charge on any atom is -0.370 e. The van der Waals surface area contributed by atoms with Crippen LogP contribution in [0.1, 0.15) is 58.6 Å². The van der Waals surface area contributed by atoms with Crippen molar-refractivity contribution in [2.45, 2.75) is 78.3 Å². The molecule has 21 heavy (non-hydrogen) atoms. The van der Waals surface area contributed by atoms with E-state index < -0.39 is 0 Å². The van der Waals surface area contributed by atoms with Crippen molar-refractivity contribution >= 4 is 0 Å². The monoisotopic (exact) mass is 290 g/mol. The highest BCUT2D eigenvalue weighted by Gasteiger charge is 2.52. The van der Waals surface area contributed by atoms with Crippen LogP contribution < -0.4 is 0 Å². The smallest absolute Gasteiger partial charge is 0.0895 e. The van der Waals surface area contributed by atoms with E-state index in [1.54, 1.807) is 0 Å². The van der Waals surface area contributed by atoms with Gasteiger partial charge in [-0.3, -0.25) is 0 Å². The van der Waals surface area contributed by atoms with E-state index in [1.165, 1.54) is 11.1 Å². The van der Waals surface area contributed by atoms with Crippen molar-refractivity contribution in [1.29, 1.82) is 0 Å². The average molecular weight is 290 g/mol. The maximum Gasteiger partial charge on any atom is 0.0895 e. The molecule has 0 spiro atoms. The molecule has 2 unspecified atom stereocenters. The lowest BCUT2D eigenvalue weighted by Gasteiger charge is -2.34. The van der Waals surface area contributed by atoms with Gasteiger partial charge in [-0.2, -0.15) is 0 Å². The molecule has 0 aromatic heterocycles. The van der Waals surface area contributed by atoms with Gasteiger partial charge in [0.1, 0.15) is 0 Å². The van der Waals surface area contributed by atoms with Gasteiger partial charge in [0.25, 0.3) is 0 Å². The van der Waals surface area contributed by atoms with Crippen molar-refractivity contribution in [2.75, 3.05) is 0 Å². The van der Waals surface area contributed by atoms with Crippen molar-refractivity contribution in [3.8, 4) is 0 Å². The fraction of sp³-hybridized carbons (Fsp3) is 0.684. The van der Waals surface area contributed by atoms with Crippen LogP contribution in [0.2, 0.25) is 0 Å². The maximum absolute atomic E-state index is 6.45. The standard InChI is InChI=1S/C19H30O2/c1-7-19(14(2)3)12-17(18(5,6)21-19)20-13-16-11-9-8-10-15(16)4/h8-11,14,17H,7,12-13H2,1-6H3. The average Bonchev–Trinajstić information content (AvgIpc) is 2.70. The molecule has 0 aliphatic carbocycles. The molecular formula is C19H30O2. The van der Waals surface area contributed by atoms with Crippen LogP contribution in [-0.2, 0) is 16.1 Å². The number of benzene rings is 1. The number of rotatable bonds is 5. The van der Waals surface area contributed by atoms with Gasteiger partial charge in [0.2, 0.25) is 0 Å². The molecule has 118 valence electrons. The minimum absolute atomic E-state index is 0.0418. The van der Waals surface area contributed by atoms with E-state index in [2.05, 4.69) is 65.8 Å². The maximum atomic E-state index is 6.45. The molecule has 1 aliphatic rings. The molecule has 2 heteroatoms. The molecule has 0 radical (unpaired) electrons. The highest BCUT2D eigenvalue weighted by Crippen LogP contribution is 2.45. The second-order valence-electron chi connectivity index (χ2n) is 7.21. The van der Waals surface area contributed by atoms with Crippen LogP contribution in [-0.4, -0.2) is 17.3 Å². The number of ether oxygens (including phenoxy) is 2. The lowest BCUT2D eigenvalue weighted by molar-refractivity contribution is -0.134. The zero-order valence-electron chi connectivity index (χ0n) is 14.4. The Morgan fingerprint density at radius 3 is 2.48 bits per heavy atom. The van der Waals surface area contributed by atoms with Gasteiger partial charge in [0.05, 0.1) is 23.9 Å². The van der Waals surface area contributed by atoms with Crippen LogP contribution in [0.5, 0.6) is 0 Å². The first-order valence-corrected chi connectivity index (χ1v) is 8.17. The van der Waals surface area contributed by atoms with E-state index in [-0.39, 0.29) is 17.3 Å². The largest absolute Gasteiger partial charge is 0.370 e. The van der Waals surface area contributed by atoms with Gasteiger partial charge in [-0.25, -0.2) is 0 Å². The molecule has 0 saturated carbocycles. The third-order valence-corrected chi connectivity index (χ3v) is 5.12. The van der Waals surface area contributed by atoms with Crippen LogP contribution in [0.4, 0.5) is 0 Å². The van der Waals surface area contributed by atoms with E-state index in [0.717, 1.165) is 12.8 Å². The molecule has 1 aromatic rings. The quantitative estimate of drug-likeness (QED) is 0.769. The number of aryl methyl sites for hydroxylation is 1. The Kier molecular flexibility index (Phi) is 4.79. The van der Waals surface area contributed by atoms with Gasteiger partial charge in [-0.1, -0.05) is 45.0 Å². The molecule has 2 atom stereocenters. The summed E-state index contributed by atoms with van der Waals surface area (Å²) in [5.74, 6) is 0.508. The summed E-state index contributed by atoms with van der Waals surface area (Å²) < 4.78 is 12.7. The lowest BCUT2D eigenvalue weighted by Crippen LogP contribution is -2.37. The Bertz CT molecular complexity index is 478. The summed E-state index contributed by atoms with van der Waals surface area (Å²) in [5, 5.41) is 0. The van der Waals surface area contributed by atoms with E-state index in [1.807, 2.05) is 0 Å². The third-order valence-electron chi connectivity index (χ3n) is 5.12. The first-order chi connectivity index (χ1) is 9.81. The number of hydrogen-bond acceptors (Lipinski definition) is 2. The summed E-state index contributed by atoms with van der Waals surface area (Å²) in [7, 11) is 0. The molecule has 2 nitrogen and oxygen atoms in total. The Hall–Kier alpha value is -0.860. The van der Waals surface area contributed by atoms with E-state index >= 15 is 0 Å². The van der Waals surface area contributed by atoms with Crippen molar-refractivity contribution in [3.05, 3.63) is 35.4 Å². The molecule has 0 N–H and O–H groups in total. The van der Waals surface area contributed by atoms with Gasteiger partial charge in [0.15, 0.2) is 0 Å². The van der Waals surface area contributed by atoms with E-state index in [9.17, 15) is 0 Å². The summed E-state index contributed by atoms with van der Waals surface area (Å²) in [4.78, 5) is 0. The van der Waals surface area contributed by atoms with Gasteiger partial charge in [0, 0.05) is 6.42 Å². The van der Waals surface area contributed by atoms with Crippen LogP contribution in [0.3, 0.4) is 0 Å². The highest BCUT2D eigenvalue weighted by molar-refractivity contribution is 5.24. The first kappa shape index (κ1) is 16.5. The molecule has 1 aliphatic heterocycles. The van der Waals surface area contributed by atoms with E-state index in [4.69, 9.17) is 9.47 Å². The Balaban J connectivity index is 2.08. The molecular weight excluding hydrogens is 260 g/mol. The zero-order valence-corrected chi connectivity index (χ0v) is 14.4. The molecule has 1 saturated heterocycles. The van der Waals surface area contributed by atoms with Crippen LogP contribution >= 0.6 is 0 Å². The summed E-state index contributed by atoms with van der Waals surface area (Å²) in [5.41, 5.74) is 2.30.